The van der Waals surface area contributed by atoms with Crippen LogP contribution in [0.25, 0.3) is 0 Å². The zero-order valence-electron chi connectivity index (χ0n) is 8.15. The minimum Gasteiger partial charge on any atom is -0.480 e. The first-order chi connectivity index (χ1) is 7.09. The summed E-state index contributed by atoms with van der Waals surface area (Å²) in [6.45, 7) is 1.37. The molecule has 0 saturated carbocycles. The van der Waals surface area contributed by atoms with Crippen LogP contribution in [-0.2, 0) is 4.79 Å². The Labute approximate surface area is 86.3 Å². The second-order valence-electron chi connectivity index (χ2n) is 2.87. The smallest absolute Gasteiger partial charge is 0.323 e. The summed E-state index contributed by atoms with van der Waals surface area (Å²) in [5.41, 5.74) is 0.808. The van der Waals surface area contributed by atoms with Gasteiger partial charge in [-0.3, -0.25) is 10.1 Å². The SMILES string of the molecule is Cc1cccnc1NC(=O)NCC(=O)O. The molecule has 1 aromatic heterocycles. The summed E-state index contributed by atoms with van der Waals surface area (Å²) in [6, 6.07) is 2.95. The van der Waals surface area contributed by atoms with E-state index in [1.54, 1.807) is 25.3 Å². The van der Waals surface area contributed by atoms with E-state index in [2.05, 4.69) is 15.6 Å². The Kier molecular flexibility index (Phi) is 3.61. The first-order valence-corrected chi connectivity index (χ1v) is 4.28. The second-order valence-corrected chi connectivity index (χ2v) is 2.87. The number of nitrogens with one attached hydrogen (secondary N) is 2. The number of rotatable bonds is 3. The highest BCUT2D eigenvalue weighted by molar-refractivity contribution is 5.90. The second kappa shape index (κ2) is 4.94. The third-order valence-corrected chi connectivity index (χ3v) is 1.64. The maximum absolute atomic E-state index is 11.1. The summed E-state index contributed by atoms with van der Waals surface area (Å²) < 4.78 is 0. The lowest BCUT2D eigenvalue weighted by Crippen LogP contribution is -2.33. The van der Waals surface area contributed by atoms with Crippen LogP contribution in [0.4, 0.5) is 10.6 Å². The van der Waals surface area contributed by atoms with Gasteiger partial charge in [-0.1, -0.05) is 6.07 Å². The lowest BCUT2D eigenvalue weighted by atomic mass is 10.3. The molecule has 6 heteroatoms. The Balaban J connectivity index is 2.52. The number of carboxylic acid groups (broad SMARTS) is 1. The summed E-state index contributed by atoms with van der Waals surface area (Å²) in [4.78, 5) is 25.2. The summed E-state index contributed by atoms with van der Waals surface area (Å²) in [5.74, 6) is -0.678. The lowest BCUT2D eigenvalue weighted by Gasteiger charge is -2.06. The monoisotopic (exact) mass is 209 g/mol. The van der Waals surface area contributed by atoms with E-state index in [4.69, 9.17) is 5.11 Å². The minimum atomic E-state index is -1.09. The van der Waals surface area contributed by atoms with Crippen LogP contribution in [-0.4, -0.2) is 28.6 Å². The van der Waals surface area contributed by atoms with Crippen LogP contribution >= 0.6 is 0 Å². The van der Waals surface area contributed by atoms with Crippen molar-refractivity contribution in [3.05, 3.63) is 23.9 Å². The Morgan fingerprint density at radius 2 is 2.27 bits per heavy atom. The molecule has 0 spiro atoms. The van der Waals surface area contributed by atoms with Gasteiger partial charge in [-0.25, -0.2) is 9.78 Å². The van der Waals surface area contributed by atoms with E-state index in [1.807, 2.05) is 0 Å². The van der Waals surface area contributed by atoms with E-state index in [1.165, 1.54) is 0 Å². The number of carbonyl (C=O) groups excluding carboxylic acids is 1. The van der Waals surface area contributed by atoms with E-state index in [-0.39, 0.29) is 0 Å². The number of pyridine rings is 1. The molecule has 0 aliphatic carbocycles. The molecule has 0 saturated heterocycles. The van der Waals surface area contributed by atoms with Crippen LogP contribution in [0.1, 0.15) is 5.56 Å². The fourth-order valence-corrected chi connectivity index (χ4v) is 0.924. The molecule has 0 radical (unpaired) electrons. The molecule has 3 N–H and O–H groups in total. The van der Waals surface area contributed by atoms with Gasteiger partial charge in [0.25, 0.3) is 0 Å². The van der Waals surface area contributed by atoms with E-state index in [9.17, 15) is 9.59 Å². The fourth-order valence-electron chi connectivity index (χ4n) is 0.924. The number of aliphatic carboxylic acids is 1. The van der Waals surface area contributed by atoms with Gasteiger partial charge in [-0.15, -0.1) is 0 Å². The van der Waals surface area contributed by atoms with Crippen molar-refractivity contribution >= 4 is 17.8 Å². The first kappa shape index (κ1) is 11.0. The quantitative estimate of drug-likeness (QED) is 0.679. The number of carboxylic acids is 1. The predicted molar refractivity (Wildman–Crippen MR) is 53.6 cm³/mol. The fraction of sp³-hybridized carbons (Fsp3) is 0.222. The zero-order chi connectivity index (χ0) is 11.3. The van der Waals surface area contributed by atoms with Gasteiger partial charge in [0.1, 0.15) is 12.4 Å². The molecular formula is C9H11N3O3. The molecular weight excluding hydrogens is 198 g/mol. The third kappa shape index (κ3) is 3.63. The summed E-state index contributed by atoms with van der Waals surface area (Å²) in [6.07, 6.45) is 1.54. The number of carbonyl (C=O) groups is 2. The number of aromatic nitrogens is 1. The van der Waals surface area contributed by atoms with Gasteiger partial charge >= 0.3 is 12.0 Å². The minimum absolute atomic E-state index is 0.417. The van der Waals surface area contributed by atoms with Crippen LogP contribution in [0.15, 0.2) is 18.3 Å². The van der Waals surface area contributed by atoms with Crippen molar-refractivity contribution < 1.29 is 14.7 Å². The average molecular weight is 209 g/mol. The van der Waals surface area contributed by atoms with E-state index >= 15 is 0 Å². The number of hydrogen-bond donors (Lipinski definition) is 3. The average Bonchev–Trinajstić information content (AvgIpc) is 2.18. The van der Waals surface area contributed by atoms with Crippen LogP contribution in [0.2, 0.25) is 0 Å². The number of urea groups is 1. The van der Waals surface area contributed by atoms with Crippen LogP contribution in [0.3, 0.4) is 0 Å². The summed E-state index contributed by atoms with van der Waals surface area (Å²) in [7, 11) is 0. The molecule has 15 heavy (non-hydrogen) atoms. The van der Waals surface area contributed by atoms with Crippen LogP contribution < -0.4 is 10.6 Å². The van der Waals surface area contributed by atoms with Crippen molar-refractivity contribution in [1.82, 2.24) is 10.3 Å². The van der Waals surface area contributed by atoms with E-state index < -0.39 is 18.5 Å². The number of aryl methyl sites for hydroxylation is 1. The van der Waals surface area contributed by atoms with Crippen molar-refractivity contribution in [2.45, 2.75) is 6.92 Å². The largest absolute Gasteiger partial charge is 0.480 e. The lowest BCUT2D eigenvalue weighted by molar-refractivity contribution is -0.135. The van der Waals surface area contributed by atoms with Crippen molar-refractivity contribution in [2.24, 2.45) is 0 Å². The highest BCUT2D eigenvalue weighted by Crippen LogP contribution is 2.08. The van der Waals surface area contributed by atoms with Gasteiger partial charge in [-0.2, -0.15) is 0 Å². The number of hydrogen-bond acceptors (Lipinski definition) is 3. The van der Waals surface area contributed by atoms with Gasteiger partial charge in [0, 0.05) is 6.20 Å². The number of amides is 2. The molecule has 0 fully saturated rings. The molecule has 1 rings (SSSR count). The summed E-state index contributed by atoms with van der Waals surface area (Å²) in [5, 5.41) is 12.9. The Hall–Kier alpha value is -2.11. The molecule has 0 unspecified atom stereocenters. The molecule has 1 aromatic rings. The maximum Gasteiger partial charge on any atom is 0.323 e. The highest BCUT2D eigenvalue weighted by Gasteiger charge is 2.05. The molecule has 0 aromatic carbocycles. The third-order valence-electron chi connectivity index (χ3n) is 1.64. The topological polar surface area (TPSA) is 91.3 Å². The molecule has 0 atom stereocenters. The van der Waals surface area contributed by atoms with Gasteiger partial charge in [0.15, 0.2) is 0 Å². The van der Waals surface area contributed by atoms with Crippen molar-refractivity contribution in [3.8, 4) is 0 Å². The molecule has 2 amide bonds. The Morgan fingerprint density at radius 1 is 1.53 bits per heavy atom. The van der Waals surface area contributed by atoms with Crippen LogP contribution in [0.5, 0.6) is 0 Å². The number of nitrogens with zero attached hydrogens (tertiary/aromatic N) is 1. The standard InChI is InChI=1S/C9H11N3O3/c1-6-3-2-4-10-8(6)12-9(15)11-5-7(13)14/h2-4H,5H2,1H3,(H,13,14)(H2,10,11,12,15). The Morgan fingerprint density at radius 3 is 2.87 bits per heavy atom. The molecule has 0 aliphatic rings. The molecule has 0 aliphatic heterocycles. The number of anilines is 1. The van der Waals surface area contributed by atoms with Crippen molar-refractivity contribution in [2.75, 3.05) is 11.9 Å². The van der Waals surface area contributed by atoms with Crippen molar-refractivity contribution in [1.29, 1.82) is 0 Å². The van der Waals surface area contributed by atoms with E-state index in [0.29, 0.717) is 5.82 Å². The van der Waals surface area contributed by atoms with Crippen molar-refractivity contribution in [3.63, 3.8) is 0 Å². The van der Waals surface area contributed by atoms with Gasteiger partial charge in [0.05, 0.1) is 0 Å². The molecule has 6 nitrogen and oxygen atoms in total. The maximum atomic E-state index is 11.1. The zero-order valence-corrected chi connectivity index (χ0v) is 8.15. The van der Waals surface area contributed by atoms with E-state index in [0.717, 1.165) is 5.56 Å². The first-order valence-electron chi connectivity index (χ1n) is 4.28. The normalized spacial score (nSPS) is 9.40. The summed E-state index contributed by atoms with van der Waals surface area (Å²) >= 11 is 0. The molecule has 80 valence electrons. The molecule has 0 bridgehead atoms. The van der Waals surface area contributed by atoms with Gasteiger partial charge in [-0.05, 0) is 18.6 Å². The van der Waals surface area contributed by atoms with Gasteiger partial charge < -0.3 is 10.4 Å². The highest BCUT2D eigenvalue weighted by atomic mass is 16.4. The predicted octanol–water partition coefficient (Wildman–Crippen LogP) is 0.596. The van der Waals surface area contributed by atoms with Gasteiger partial charge in [0.2, 0.25) is 0 Å². The Bertz CT molecular complexity index is 379. The molecule has 1 heterocycles. The van der Waals surface area contributed by atoms with Crippen LogP contribution in [0, 0.1) is 6.92 Å².